The number of carboxylic acids is 1. The molecule has 0 aliphatic heterocycles. The second-order valence-electron chi connectivity index (χ2n) is 3.08. The van der Waals surface area contributed by atoms with Crippen LogP contribution in [0.3, 0.4) is 0 Å². The van der Waals surface area contributed by atoms with Crippen LogP contribution in [0.4, 0.5) is 0 Å². The normalized spacial score (nSPS) is 27.1. The Morgan fingerprint density at radius 3 is 2.83 bits per heavy atom. The van der Waals surface area contributed by atoms with Crippen molar-refractivity contribution in [2.45, 2.75) is 19.3 Å². The maximum Gasteiger partial charge on any atom is 0.377 e. The molecule has 0 bridgehead atoms. The topological polar surface area (TPSA) is 76.2 Å². The molecule has 0 unspecified atom stereocenters. The van der Waals surface area contributed by atoms with Gasteiger partial charge in [-0.15, -0.1) is 0 Å². The standard InChI is InChI=1S/C7H8N2O3/c1-3-2-4(3)6-8-5(7(10)11)9-12-6/h3-4H,2H2,1H3,(H,10,11)/t3-,4+/m0/s1. The SMILES string of the molecule is C[C@H]1C[C@H]1c1nc(C(=O)O)no1. The number of nitrogens with zero attached hydrogens (tertiary/aromatic N) is 2. The Morgan fingerprint density at radius 2 is 2.42 bits per heavy atom. The minimum Gasteiger partial charge on any atom is -0.475 e. The molecule has 2 rings (SSSR count). The molecular formula is C7H8N2O3. The van der Waals surface area contributed by atoms with Crippen molar-refractivity contribution in [3.05, 3.63) is 11.7 Å². The molecule has 1 aromatic heterocycles. The lowest BCUT2D eigenvalue weighted by molar-refractivity contribution is 0.0680. The number of carboxylic acid groups (broad SMARTS) is 1. The lowest BCUT2D eigenvalue weighted by Gasteiger charge is -1.82. The third-order valence-electron chi connectivity index (χ3n) is 2.06. The fourth-order valence-corrected chi connectivity index (χ4v) is 1.14. The monoisotopic (exact) mass is 168 g/mol. The van der Waals surface area contributed by atoms with Gasteiger partial charge in [0.05, 0.1) is 0 Å². The van der Waals surface area contributed by atoms with Crippen LogP contribution in [-0.2, 0) is 0 Å². The van der Waals surface area contributed by atoms with Gasteiger partial charge in [-0.1, -0.05) is 6.92 Å². The van der Waals surface area contributed by atoms with E-state index < -0.39 is 5.97 Å². The fraction of sp³-hybridized carbons (Fsp3) is 0.571. The van der Waals surface area contributed by atoms with Crippen molar-refractivity contribution in [3.8, 4) is 0 Å². The van der Waals surface area contributed by atoms with Crippen LogP contribution in [0.2, 0.25) is 0 Å². The number of hydrogen-bond donors (Lipinski definition) is 1. The summed E-state index contributed by atoms with van der Waals surface area (Å²) in [6.45, 7) is 2.06. The fourth-order valence-electron chi connectivity index (χ4n) is 1.14. The van der Waals surface area contributed by atoms with E-state index in [1.165, 1.54) is 0 Å². The van der Waals surface area contributed by atoms with Crippen LogP contribution in [0.15, 0.2) is 4.52 Å². The van der Waals surface area contributed by atoms with Gasteiger partial charge in [0.2, 0.25) is 5.89 Å². The molecule has 2 atom stereocenters. The highest BCUT2D eigenvalue weighted by molar-refractivity contribution is 5.82. The van der Waals surface area contributed by atoms with E-state index in [9.17, 15) is 4.79 Å². The van der Waals surface area contributed by atoms with Crippen molar-refractivity contribution in [3.63, 3.8) is 0 Å². The lowest BCUT2D eigenvalue weighted by atomic mass is 10.3. The van der Waals surface area contributed by atoms with Gasteiger partial charge in [-0.3, -0.25) is 0 Å². The molecule has 1 aliphatic carbocycles. The molecule has 0 spiro atoms. The summed E-state index contributed by atoms with van der Waals surface area (Å²) in [5.74, 6) is -0.0972. The molecule has 1 heterocycles. The summed E-state index contributed by atoms with van der Waals surface area (Å²) >= 11 is 0. The zero-order valence-corrected chi connectivity index (χ0v) is 6.52. The molecule has 0 radical (unpaired) electrons. The molecule has 0 amide bonds. The summed E-state index contributed by atoms with van der Waals surface area (Å²) in [4.78, 5) is 14.1. The molecule has 1 saturated carbocycles. The number of rotatable bonds is 2. The van der Waals surface area contributed by atoms with Gasteiger partial charge in [0, 0.05) is 5.92 Å². The van der Waals surface area contributed by atoms with Gasteiger partial charge in [-0.25, -0.2) is 4.79 Å². The molecule has 1 aromatic rings. The van der Waals surface area contributed by atoms with Crippen LogP contribution in [0.5, 0.6) is 0 Å². The number of aromatic carboxylic acids is 1. The second kappa shape index (κ2) is 2.30. The highest BCUT2D eigenvalue weighted by Gasteiger charge is 2.39. The van der Waals surface area contributed by atoms with Gasteiger partial charge in [-0.2, -0.15) is 4.98 Å². The molecule has 0 saturated heterocycles. The smallest absolute Gasteiger partial charge is 0.377 e. The Hall–Kier alpha value is -1.39. The zero-order valence-electron chi connectivity index (χ0n) is 6.52. The van der Waals surface area contributed by atoms with E-state index in [1.807, 2.05) is 0 Å². The number of carbonyl (C=O) groups is 1. The molecule has 12 heavy (non-hydrogen) atoms. The largest absolute Gasteiger partial charge is 0.475 e. The summed E-state index contributed by atoms with van der Waals surface area (Å²) in [6, 6.07) is 0. The zero-order chi connectivity index (χ0) is 8.72. The molecule has 1 fully saturated rings. The van der Waals surface area contributed by atoms with E-state index in [0.29, 0.717) is 11.8 Å². The molecule has 5 heteroatoms. The van der Waals surface area contributed by atoms with Gasteiger partial charge < -0.3 is 9.63 Å². The number of hydrogen-bond acceptors (Lipinski definition) is 4. The lowest BCUT2D eigenvalue weighted by Crippen LogP contribution is -1.98. The molecule has 64 valence electrons. The average Bonchev–Trinajstić information content (AvgIpc) is 2.59. The van der Waals surface area contributed by atoms with Crippen LogP contribution < -0.4 is 0 Å². The maximum absolute atomic E-state index is 10.4. The molecule has 5 nitrogen and oxygen atoms in total. The summed E-state index contributed by atoms with van der Waals surface area (Å²) in [6.07, 6.45) is 1.02. The van der Waals surface area contributed by atoms with Crippen molar-refractivity contribution in [1.82, 2.24) is 10.1 Å². The minimum absolute atomic E-state index is 0.246. The number of aromatic nitrogens is 2. The van der Waals surface area contributed by atoms with Crippen molar-refractivity contribution in [2.24, 2.45) is 5.92 Å². The average molecular weight is 168 g/mol. The van der Waals surface area contributed by atoms with Crippen LogP contribution in [0.25, 0.3) is 0 Å². The summed E-state index contributed by atoms with van der Waals surface area (Å²) in [5.41, 5.74) is 0. The first kappa shape index (κ1) is 7.27. The second-order valence-corrected chi connectivity index (χ2v) is 3.08. The van der Waals surface area contributed by atoms with E-state index in [2.05, 4.69) is 17.1 Å². The van der Waals surface area contributed by atoms with Gasteiger partial charge in [0.1, 0.15) is 0 Å². The summed E-state index contributed by atoms with van der Waals surface area (Å²) in [5, 5.41) is 11.8. The highest BCUT2D eigenvalue weighted by Crippen LogP contribution is 2.45. The van der Waals surface area contributed by atoms with Crippen LogP contribution >= 0.6 is 0 Å². The first-order valence-corrected chi connectivity index (χ1v) is 3.75. The van der Waals surface area contributed by atoms with E-state index in [1.54, 1.807) is 0 Å². The van der Waals surface area contributed by atoms with E-state index in [4.69, 9.17) is 9.63 Å². The highest BCUT2D eigenvalue weighted by atomic mass is 16.5. The Kier molecular flexibility index (Phi) is 1.39. The van der Waals surface area contributed by atoms with E-state index in [-0.39, 0.29) is 11.7 Å². The first-order chi connectivity index (χ1) is 5.68. The van der Waals surface area contributed by atoms with Crippen LogP contribution in [0.1, 0.15) is 35.8 Å². The quantitative estimate of drug-likeness (QED) is 0.709. The molecule has 0 aromatic carbocycles. The maximum atomic E-state index is 10.4. The van der Waals surface area contributed by atoms with Crippen molar-refractivity contribution >= 4 is 5.97 Å². The molecule has 1 N–H and O–H groups in total. The van der Waals surface area contributed by atoms with E-state index >= 15 is 0 Å². The van der Waals surface area contributed by atoms with Gasteiger partial charge in [0.15, 0.2) is 0 Å². The third-order valence-corrected chi connectivity index (χ3v) is 2.06. The van der Waals surface area contributed by atoms with E-state index in [0.717, 1.165) is 6.42 Å². The predicted molar refractivity (Wildman–Crippen MR) is 37.8 cm³/mol. The van der Waals surface area contributed by atoms with Crippen molar-refractivity contribution < 1.29 is 14.4 Å². The summed E-state index contributed by atoms with van der Waals surface area (Å²) in [7, 11) is 0. The van der Waals surface area contributed by atoms with Crippen molar-refractivity contribution in [2.75, 3.05) is 0 Å². The van der Waals surface area contributed by atoms with Gasteiger partial charge >= 0.3 is 5.97 Å². The predicted octanol–water partition coefficient (Wildman–Crippen LogP) is 0.891. The first-order valence-electron chi connectivity index (χ1n) is 3.75. The Morgan fingerprint density at radius 1 is 1.75 bits per heavy atom. The van der Waals surface area contributed by atoms with Crippen molar-refractivity contribution in [1.29, 1.82) is 0 Å². The van der Waals surface area contributed by atoms with Gasteiger partial charge in [-0.05, 0) is 17.5 Å². The summed E-state index contributed by atoms with van der Waals surface area (Å²) < 4.78 is 4.78. The Balaban J connectivity index is 2.19. The van der Waals surface area contributed by atoms with Gasteiger partial charge in [0.25, 0.3) is 5.82 Å². The molecular weight excluding hydrogens is 160 g/mol. The Bertz CT molecular complexity index is 320. The third kappa shape index (κ3) is 1.07. The Labute approximate surface area is 68.4 Å². The van der Waals surface area contributed by atoms with Crippen LogP contribution in [-0.4, -0.2) is 21.2 Å². The minimum atomic E-state index is -1.14. The van der Waals surface area contributed by atoms with Crippen LogP contribution in [0, 0.1) is 5.92 Å². The molecule has 1 aliphatic rings.